The summed E-state index contributed by atoms with van der Waals surface area (Å²) in [5, 5.41) is 6.77. The van der Waals surface area contributed by atoms with E-state index < -0.39 is 17.6 Å². The first-order valence-corrected chi connectivity index (χ1v) is 8.28. The Bertz CT molecular complexity index is 984. The van der Waals surface area contributed by atoms with Crippen LogP contribution in [0.15, 0.2) is 36.8 Å². The van der Waals surface area contributed by atoms with Crippen LogP contribution in [0.1, 0.15) is 25.5 Å². The normalized spacial score (nSPS) is 11.7. The van der Waals surface area contributed by atoms with Gasteiger partial charge in [-0.2, -0.15) is 18.3 Å². The zero-order chi connectivity index (χ0) is 20.5. The van der Waals surface area contributed by atoms with Gasteiger partial charge in [0.05, 0.1) is 24.7 Å². The molecule has 1 aromatic carbocycles. The lowest BCUT2D eigenvalue weighted by atomic mass is 10.1. The van der Waals surface area contributed by atoms with Crippen molar-refractivity contribution in [3.63, 3.8) is 0 Å². The summed E-state index contributed by atoms with van der Waals surface area (Å²) in [5.41, 5.74) is -0.941. The largest absolute Gasteiger partial charge is 0.495 e. The fraction of sp³-hybridized carbons (Fsp3) is 0.278. The van der Waals surface area contributed by atoms with Crippen LogP contribution in [0.3, 0.4) is 0 Å². The maximum absolute atomic E-state index is 13.5. The van der Waals surface area contributed by atoms with Crippen molar-refractivity contribution in [3.05, 3.63) is 48.2 Å². The summed E-state index contributed by atoms with van der Waals surface area (Å²) in [4.78, 5) is 7.74. The molecular formula is C18H17F4N5O. The smallest absolute Gasteiger partial charge is 0.419 e. The number of ether oxygens (including phenoxy) is 1. The first kappa shape index (κ1) is 19.6. The molecule has 10 heteroatoms. The second-order valence-electron chi connectivity index (χ2n) is 6.23. The van der Waals surface area contributed by atoms with Gasteiger partial charge in [0, 0.05) is 30.1 Å². The van der Waals surface area contributed by atoms with E-state index in [0.717, 1.165) is 6.07 Å². The van der Waals surface area contributed by atoms with E-state index in [-0.39, 0.29) is 28.9 Å². The van der Waals surface area contributed by atoms with Crippen molar-refractivity contribution in [2.45, 2.75) is 26.1 Å². The van der Waals surface area contributed by atoms with Gasteiger partial charge in [0.2, 0.25) is 5.95 Å². The molecule has 0 atom stereocenters. The minimum absolute atomic E-state index is 0.0286. The first-order valence-electron chi connectivity index (χ1n) is 8.28. The van der Waals surface area contributed by atoms with Gasteiger partial charge in [0.25, 0.3) is 0 Å². The molecule has 6 nitrogen and oxygen atoms in total. The van der Waals surface area contributed by atoms with Crippen molar-refractivity contribution in [3.8, 4) is 17.0 Å². The predicted octanol–water partition coefficient (Wildman–Crippen LogP) is 4.83. The molecule has 0 spiro atoms. The first-order chi connectivity index (χ1) is 13.2. The fourth-order valence-corrected chi connectivity index (χ4v) is 2.51. The van der Waals surface area contributed by atoms with E-state index in [9.17, 15) is 17.6 Å². The number of methoxy groups -OCH3 is 1. The number of rotatable bonds is 5. The molecule has 3 aromatic rings. The van der Waals surface area contributed by atoms with Gasteiger partial charge >= 0.3 is 6.18 Å². The molecule has 0 fully saturated rings. The van der Waals surface area contributed by atoms with E-state index in [1.54, 1.807) is 0 Å². The minimum Gasteiger partial charge on any atom is -0.495 e. The minimum atomic E-state index is -4.65. The lowest BCUT2D eigenvalue weighted by molar-refractivity contribution is -0.137. The van der Waals surface area contributed by atoms with Gasteiger partial charge in [-0.15, -0.1) is 0 Å². The van der Waals surface area contributed by atoms with Crippen molar-refractivity contribution in [2.24, 2.45) is 0 Å². The van der Waals surface area contributed by atoms with Crippen LogP contribution in [-0.4, -0.2) is 26.9 Å². The van der Waals surface area contributed by atoms with E-state index in [2.05, 4.69) is 20.4 Å². The summed E-state index contributed by atoms with van der Waals surface area (Å²) in [6, 6.07) is 3.69. The van der Waals surface area contributed by atoms with Crippen LogP contribution < -0.4 is 10.1 Å². The van der Waals surface area contributed by atoms with E-state index in [4.69, 9.17) is 4.74 Å². The molecule has 0 amide bonds. The molecule has 0 aliphatic heterocycles. The van der Waals surface area contributed by atoms with Gasteiger partial charge in [-0.05, 0) is 26.0 Å². The fourth-order valence-electron chi connectivity index (χ4n) is 2.51. The Hall–Kier alpha value is -3.17. The maximum atomic E-state index is 13.5. The van der Waals surface area contributed by atoms with Gasteiger partial charge in [-0.1, -0.05) is 0 Å². The van der Waals surface area contributed by atoms with Crippen LogP contribution >= 0.6 is 0 Å². The highest BCUT2D eigenvalue weighted by molar-refractivity contribution is 5.67. The molecule has 0 saturated heterocycles. The summed E-state index contributed by atoms with van der Waals surface area (Å²) in [7, 11) is 1.39. The molecular weight excluding hydrogens is 378 g/mol. The number of nitrogens with one attached hydrogen (secondary N) is 1. The third-order valence-electron chi connectivity index (χ3n) is 3.91. The number of aromatic nitrogens is 4. The van der Waals surface area contributed by atoms with Gasteiger partial charge in [-0.25, -0.2) is 14.4 Å². The Morgan fingerprint density at radius 3 is 2.54 bits per heavy atom. The Labute approximate surface area is 158 Å². The molecule has 28 heavy (non-hydrogen) atoms. The topological polar surface area (TPSA) is 64.9 Å². The van der Waals surface area contributed by atoms with Crippen molar-refractivity contribution >= 4 is 11.6 Å². The highest BCUT2D eigenvalue weighted by Crippen LogP contribution is 2.37. The van der Waals surface area contributed by atoms with E-state index in [0.29, 0.717) is 11.9 Å². The van der Waals surface area contributed by atoms with Crippen molar-refractivity contribution in [1.29, 1.82) is 0 Å². The molecule has 148 valence electrons. The van der Waals surface area contributed by atoms with Crippen molar-refractivity contribution < 1.29 is 22.3 Å². The molecule has 0 aliphatic rings. The quantitative estimate of drug-likeness (QED) is 0.627. The highest BCUT2D eigenvalue weighted by Gasteiger charge is 2.36. The average Bonchev–Trinajstić information content (AvgIpc) is 3.11. The zero-order valence-electron chi connectivity index (χ0n) is 15.3. The third kappa shape index (κ3) is 4.05. The number of anilines is 2. The van der Waals surface area contributed by atoms with Crippen LogP contribution in [0.2, 0.25) is 0 Å². The number of hydrogen-bond donors (Lipinski definition) is 1. The van der Waals surface area contributed by atoms with E-state index >= 15 is 0 Å². The SMILES string of the molecule is COc1ccc(F)cc1Nc1ncc(C(F)(F)F)c(-c2cnn(C(C)C)c2)n1. The molecule has 2 aromatic heterocycles. The van der Waals surface area contributed by atoms with Gasteiger partial charge in [-0.3, -0.25) is 4.68 Å². The molecule has 2 heterocycles. The summed E-state index contributed by atoms with van der Waals surface area (Å²) >= 11 is 0. The summed E-state index contributed by atoms with van der Waals surface area (Å²) in [5.74, 6) is -0.392. The average molecular weight is 395 g/mol. The summed E-state index contributed by atoms with van der Waals surface area (Å²) in [6.45, 7) is 3.70. The monoisotopic (exact) mass is 395 g/mol. The molecule has 0 radical (unpaired) electrons. The third-order valence-corrected chi connectivity index (χ3v) is 3.91. The summed E-state index contributed by atoms with van der Waals surface area (Å²) in [6.07, 6.45) is -1.17. The molecule has 0 bridgehead atoms. The molecule has 0 saturated carbocycles. The number of alkyl halides is 3. The number of halogens is 4. The highest BCUT2D eigenvalue weighted by atomic mass is 19.4. The van der Waals surface area contributed by atoms with Crippen LogP contribution in [0.25, 0.3) is 11.3 Å². The van der Waals surface area contributed by atoms with Gasteiger partial charge < -0.3 is 10.1 Å². The Kier molecular flexibility index (Phi) is 5.21. The summed E-state index contributed by atoms with van der Waals surface area (Å²) < 4.78 is 60.5. The Morgan fingerprint density at radius 2 is 1.93 bits per heavy atom. The second-order valence-corrected chi connectivity index (χ2v) is 6.23. The van der Waals surface area contributed by atoms with Gasteiger partial charge in [0.1, 0.15) is 17.1 Å². The molecule has 1 N–H and O–H groups in total. The van der Waals surface area contributed by atoms with Crippen LogP contribution in [0.4, 0.5) is 29.2 Å². The predicted molar refractivity (Wildman–Crippen MR) is 94.9 cm³/mol. The Balaban J connectivity index is 2.06. The van der Waals surface area contributed by atoms with Crippen LogP contribution in [0, 0.1) is 5.82 Å². The molecule has 3 rings (SSSR count). The van der Waals surface area contributed by atoms with Crippen molar-refractivity contribution in [1.82, 2.24) is 19.7 Å². The number of nitrogens with zero attached hydrogens (tertiary/aromatic N) is 4. The molecule has 0 aliphatic carbocycles. The zero-order valence-corrected chi connectivity index (χ0v) is 15.3. The Morgan fingerprint density at radius 1 is 1.18 bits per heavy atom. The van der Waals surface area contributed by atoms with Crippen molar-refractivity contribution in [2.75, 3.05) is 12.4 Å². The standard InChI is InChI=1S/C18H17F4N5O/c1-10(2)27-9-11(7-24-27)16-13(18(20,21)22)8-23-17(26-16)25-14-6-12(19)4-5-15(14)28-3/h4-10H,1-3H3,(H,23,25,26). The second kappa shape index (κ2) is 7.45. The number of hydrogen-bond acceptors (Lipinski definition) is 5. The lowest BCUT2D eigenvalue weighted by Gasteiger charge is -2.14. The molecule has 0 unspecified atom stereocenters. The van der Waals surface area contributed by atoms with Crippen LogP contribution in [0.5, 0.6) is 5.75 Å². The van der Waals surface area contributed by atoms with Crippen LogP contribution in [-0.2, 0) is 6.18 Å². The maximum Gasteiger partial charge on any atom is 0.419 e. The number of benzene rings is 1. The van der Waals surface area contributed by atoms with E-state index in [1.807, 2.05) is 13.8 Å². The van der Waals surface area contributed by atoms with E-state index in [1.165, 1.54) is 36.3 Å². The van der Waals surface area contributed by atoms with Gasteiger partial charge in [0.15, 0.2) is 0 Å². The lowest BCUT2D eigenvalue weighted by Crippen LogP contribution is -2.11.